The van der Waals surface area contributed by atoms with E-state index in [0.29, 0.717) is 11.8 Å². The zero-order valence-electron chi connectivity index (χ0n) is 16.0. The highest BCUT2D eigenvalue weighted by atomic mass is 16.4. The van der Waals surface area contributed by atoms with E-state index in [1.54, 1.807) is 0 Å². The third kappa shape index (κ3) is 2.67. The van der Waals surface area contributed by atoms with Crippen LogP contribution in [-0.4, -0.2) is 14.8 Å². The summed E-state index contributed by atoms with van der Waals surface area (Å²) in [5.41, 5.74) is 6.12. The van der Waals surface area contributed by atoms with Crippen LogP contribution < -0.4 is 0 Å². The van der Waals surface area contributed by atoms with Gasteiger partial charge in [0.25, 0.3) is 0 Å². The van der Waals surface area contributed by atoms with Gasteiger partial charge in [0.2, 0.25) is 11.8 Å². The van der Waals surface area contributed by atoms with Crippen LogP contribution in [0.15, 0.2) is 53.1 Å². The zero-order chi connectivity index (χ0) is 18.6. The maximum absolute atomic E-state index is 6.07. The lowest BCUT2D eigenvalue weighted by atomic mass is 9.87. The summed E-state index contributed by atoms with van der Waals surface area (Å²) in [6.45, 7) is 7.68. The molecule has 0 bridgehead atoms. The van der Waals surface area contributed by atoms with Gasteiger partial charge in [-0.25, -0.2) is 0 Å². The minimum Gasteiger partial charge on any atom is -0.416 e. The second kappa shape index (κ2) is 5.81. The highest BCUT2D eigenvalue weighted by Gasteiger charge is 2.20. The number of aryl methyl sites for hydroxylation is 2. The van der Waals surface area contributed by atoms with Crippen molar-refractivity contribution in [2.75, 3.05) is 0 Å². The monoisotopic (exact) mass is 357 g/mol. The highest BCUT2D eigenvalue weighted by molar-refractivity contribution is 5.96. The number of nitrogens with zero attached hydrogens (tertiary/aromatic N) is 3. The molecule has 0 aliphatic carbocycles. The molecule has 0 spiro atoms. The Kier molecular flexibility index (Phi) is 3.51. The van der Waals surface area contributed by atoms with Crippen molar-refractivity contribution in [3.8, 4) is 22.9 Å². The van der Waals surface area contributed by atoms with Gasteiger partial charge < -0.3 is 8.98 Å². The van der Waals surface area contributed by atoms with Crippen molar-refractivity contribution in [3.05, 3.63) is 59.8 Å². The first-order valence-corrected chi connectivity index (χ1v) is 9.56. The minimum atomic E-state index is 0.129. The highest BCUT2D eigenvalue weighted by Crippen LogP contribution is 2.35. The van der Waals surface area contributed by atoms with E-state index in [-0.39, 0.29) is 5.41 Å². The maximum atomic E-state index is 6.07. The van der Waals surface area contributed by atoms with E-state index in [0.717, 1.165) is 24.1 Å². The zero-order valence-corrected chi connectivity index (χ0v) is 16.0. The molecule has 2 aromatic heterocycles. The normalized spacial score (nSPS) is 14.0. The van der Waals surface area contributed by atoms with Crippen LogP contribution in [0.25, 0.3) is 33.8 Å². The van der Waals surface area contributed by atoms with E-state index in [9.17, 15) is 0 Å². The fraction of sp³-hybridized carbons (Fsp3) is 0.304. The lowest BCUT2D eigenvalue weighted by Crippen LogP contribution is -2.10. The molecule has 4 heteroatoms. The van der Waals surface area contributed by atoms with Crippen LogP contribution in [-0.2, 0) is 18.4 Å². The van der Waals surface area contributed by atoms with Gasteiger partial charge in [-0.15, -0.1) is 10.2 Å². The summed E-state index contributed by atoms with van der Waals surface area (Å²) < 4.78 is 8.40. The molecule has 0 fully saturated rings. The van der Waals surface area contributed by atoms with E-state index in [2.05, 4.69) is 84.2 Å². The Hall–Kier alpha value is -2.88. The first-order valence-electron chi connectivity index (χ1n) is 9.56. The second-order valence-electron chi connectivity index (χ2n) is 8.39. The second-order valence-corrected chi connectivity index (χ2v) is 8.39. The number of benzene rings is 2. The fourth-order valence-electron chi connectivity index (χ4n) is 3.99. The molecule has 1 aliphatic rings. The summed E-state index contributed by atoms with van der Waals surface area (Å²) in [5.74, 6) is 1.16. The Bertz CT molecular complexity index is 1130. The molecule has 0 amide bonds. The predicted molar refractivity (Wildman–Crippen MR) is 108 cm³/mol. The molecule has 0 saturated heterocycles. The van der Waals surface area contributed by atoms with E-state index in [4.69, 9.17) is 4.42 Å². The Balaban J connectivity index is 1.55. The van der Waals surface area contributed by atoms with E-state index in [1.165, 1.54) is 28.5 Å². The quantitative estimate of drug-likeness (QED) is 0.469. The van der Waals surface area contributed by atoms with Gasteiger partial charge >= 0.3 is 0 Å². The number of para-hydroxylation sites is 1. The van der Waals surface area contributed by atoms with Crippen molar-refractivity contribution < 1.29 is 4.42 Å². The largest absolute Gasteiger partial charge is 0.416 e. The molecular formula is C23H23N3O. The topological polar surface area (TPSA) is 43.9 Å². The molecule has 0 saturated carbocycles. The molecule has 5 rings (SSSR count). The molecule has 4 aromatic rings. The van der Waals surface area contributed by atoms with Crippen LogP contribution in [0, 0.1) is 0 Å². The summed E-state index contributed by atoms with van der Waals surface area (Å²) in [7, 11) is 0. The number of rotatable bonds is 2. The molecule has 136 valence electrons. The average molecular weight is 357 g/mol. The summed E-state index contributed by atoms with van der Waals surface area (Å²) in [5, 5.41) is 9.86. The Labute approximate surface area is 158 Å². The van der Waals surface area contributed by atoms with Crippen LogP contribution in [0.2, 0.25) is 0 Å². The smallest absolute Gasteiger partial charge is 0.250 e. The SMILES string of the molecule is CC(C)(C)c1ccc(-c2nnc(-c3cn4c5c(cccc35)CCC4)o2)cc1. The van der Waals surface area contributed by atoms with Crippen molar-refractivity contribution in [2.45, 2.75) is 45.6 Å². The van der Waals surface area contributed by atoms with Gasteiger partial charge in [0, 0.05) is 23.7 Å². The molecule has 0 unspecified atom stereocenters. The molecule has 27 heavy (non-hydrogen) atoms. The van der Waals surface area contributed by atoms with Crippen LogP contribution in [0.1, 0.15) is 38.3 Å². The molecule has 2 aromatic carbocycles. The summed E-state index contributed by atoms with van der Waals surface area (Å²) in [6, 6.07) is 14.9. The Morgan fingerprint density at radius 2 is 1.74 bits per heavy atom. The molecule has 0 atom stereocenters. The van der Waals surface area contributed by atoms with E-state index < -0.39 is 0 Å². The number of hydrogen-bond acceptors (Lipinski definition) is 3. The number of aromatic nitrogens is 3. The lowest BCUT2D eigenvalue weighted by Gasteiger charge is -2.18. The van der Waals surface area contributed by atoms with Gasteiger partial charge in [-0.2, -0.15) is 0 Å². The predicted octanol–water partition coefficient (Wildman–Crippen LogP) is 5.60. The van der Waals surface area contributed by atoms with E-state index >= 15 is 0 Å². The molecule has 0 N–H and O–H groups in total. The standard InChI is InChI=1S/C23H23N3O/c1-23(2,3)17-11-9-16(10-12-17)21-24-25-22(27-21)19-14-26-13-5-7-15-6-4-8-18(19)20(15)26/h4,6,8-12,14H,5,7,13H2,1-3H3. The van der Waals surface area contributed by atoms with Crippen molar-refractivity contribution in [1.29, 1.82) is 0 Å². The molecule has 3 heterocycles. The third-order valence-corrected chi connectivity index (χ3v) is 5.48. The van der Waals surface area contributed by atoms with Crippen molar-refractivity contribution in [1.82, 2.24) is 14.8 Å². The van der Waals surface area contributed by atoms with Crippen molar-refractivity contribution in [3.63, 3.8) is 0 Å². The first-order chi connectivity index (χ1) is 13.0. The fourth-order valence-corrected chi connectivity index (χ4v) is 3.99. The molecular weight excluding hydrogens is 334 g/mol. The maximum Gasteiger partial charge on any atom is 0.250 e. The summed E-state index contributed by atoms with van der Waals surface area (Å²) in [6.07, 6.45) is 4.47. The number of hydrogen-bond donors (Lipinski definition) is 0. The molecule has 1 aliphatic heterocycles. The first kappa shape index (κ1) is 16.3. The van der Waals surface area contributed by atoms with Gasteiger partial charge in [0.1, 0.15) is 0 Å². The van der Waals surface area contributed by atoms with Gasteiger partial charge in [0.15, 0.2) is 0 Å². The Morgan fingerprint density at radius 1 is 0.963 bits per heavy atom. The third-order valence-electron chi connectivity index (χ3n) is 5.48. The van der Waals surface area contributed by atoms with Gasteiger partial charge in [-0.3, -0.25) is 0 Å². The minimum absolute atomic E-state index is 0.129. The summed E-state index contributed by atoms with van der Waals surface area (Å²) in [4.78, 5) is 0. The summed E-state index contributed by atoms with van der Waals surface area (Å²) >= 11 is 0. The van der Waals surface area contributed by atoms with Gasteiger partial charge in [0.05, 0.1) is 11.1 Å². The van der Waals surface area contributed by atoms with E-state index in [1.807, 2.05) is 0 Å². The van der Waals surface area contributed by atoms with Gasteiger partial charge in [-0.1, -0.05) is 51.1 Å². The van der Waals surface area contributed by atoms with Crippen LogP contribution in [0.5, 0.6) is 0 Å². The van der Waals surface area contributed by atoms with Crippen LogP contribution in [0.3, 0.4) is 0 Å². The Morgan fingerprint density at radius 3 is 2.52 bits per heavy atom. The van der Waals surface area contributed by atoms with Crippen molar-refractivity contribution >= 4 is 10.9 Å². The lowest BCUT2D eigenvalue weighted by molar-refractivity contribution is 0.581. The van der Waals surface area contributed by atoms with Crippen LogP contribution >= 0.6 is 0 Å². The van der Waals surface area contributed by atoms with Crippen molar-refractivity contribution in [2.24, 2.45) is 0 Å². The van der Waals surface area contributed by atoms with Gasteiger partial charge in [-0.05, 0) is 41.5 Å². The van der Waals surface area contributed by atoms with Crippen LogP contribution in [0.4, 0.5) is 0 Å². The average Bonchev–Trinajstić information content (AvgIpc) is 3.28. The molecule has 0 radical (unpaired) electrons. The molecule has 4 nitrogen and oxygen atoms in total.